The highest BCUT2D eigenvalue weighted by molar-refractivity contribution is 7.90. The molecule has 0 radical (unpaired) electrons. The molecule has 1 atom stereocenters. The average Bonchev–Trinajstić information content (AvgIpc) is 3.70. The van der Waals surface area contributed by atoms with Crippen LogP contribution in [0.3, 0.4) is 0 Å². The van der Waals surface area contributed by atoms with Crippen molar-refractivity contribution in [3.8, 4) is 11.5 Å². The van der Waals surface area contributed by atoms with Crippen LogP contribution < -0.4 is 10.0 Å². The van der Waals surface area contributed by atoms with E-state index in [9.17, 15) is 18.0 Å². The van der Waals surface area contributed by atoms with E-state index < -0.39 is 27.8 Å². The van der Waals surface area contributed by atoms with Crippen molar-refractivity contribution in [1.29, 1.82) is 0 Å². The van der Waals surface area contributed by atoms with E-state index in [1.165, 1.54) is 6.07 Å². The first-order chi connectivity index (χ1) is 19.2. The van der Waals surface area contributed by atoms with E-state index in [-0.39, 0.29) is 34.5 Å². The summed E-state index contributed by atoms with van der Waals surface area (Å²) < 4.78 is 33.1. The lowest BCUT2D eigenvalue weighted by atomic mass is 9.82. The van der Waals surface area contributed by atoms with Crippen molar-refractivity contribution in [3.63, 3.8) is 0 Å². The summed E-state index contributed by atoms with van der Waals surface area (Å²) in [6, 6.07) is 14.7. The van der Waals surface area contributed by atoms with Gasteiger partial charge >= 0.3 is 0 Å². The maximum atomic E-state index is 13.3. The fourth-order valence-corrected chi connectivity index (χ4v) is 6.24. The zero-order valence-corrected chi connectivity index (χ0v) is 23.8. The molecular formula is C29H35N5O5S. The normalized spacial score (nSPS) is 18.2. The summed E-state index contributed by atoms with van der Waals surface area (Å²) in [5.74, 6) is -0.870. The number of carbonyl (C=O) groups is 2. The maximum Gasteiger partial charge on any atom is 0.286 e. The lowest BCUT2D eigenvalue weighted by Gasteiger charge is -2.25. The van der Waals surface area contributed by atoms with Crippen molar-refractivity contribution in [2.45, 2.75) is 70.2 Å². The van der Waals surface area contributed by atoms with Crippen LogP contribution in [-0.4, -0.2) is 48.7 Å². The molecule has 0 unspecified atom stereocenters. The zero-order chi connectivity index (χ0) is 28.8. The molecule has 5 rings (SSSR count). The number of fused-ring (bicyclic) bond motifs is 1. The minimum atomic E-state index is -3.75. The minimum Gasteiger partial charge on any atom is -0.414 e. The molecule has 2 heterocycles. The molecule has 2 N–H and O–H groups in total. The highest BCUT2D eigenvalue weighted by Gasteiger charge is 2.34. The Morgan fingerprint density at radius 3 is 2.45 bits per heavy atom. The third-order valence-electron chi connectivity index (χ3n) is 7.19. The molecular weight excluding hydrogens is 530 g/mol. The molecule has 1 aromatic heterocycles. The van der Waals surface area contributed by atoms with Gasteiger partial charge in [0.05, 0.1) is 11.4 Å². The molecule has 1 aliphatic heterocycles. The first-order valence-electron chi connectivity index (χ1n) is 13.6. The van der Waals surface area contributed by atoms with Crippen LogP contribution in [0.5, 0.6) is 0 Å². The van der Waals surface area contributed by atoms with E-state index in [0.717, 1.165) is 32.1 Å². The smallest absolute Gasteiger partial charge is 0.286 e. The second kappa shape index (κ2) is 12.5. The van der Waals surface area contributed by atoms with Crippen molar-refractivity contribution >= 4 is 27.5 Å². The molecule has 0 saturated heterocycles. The first kappa shape index (κ1) is 29.1. The van der Waals surface area contributed by atoms with Crippen LogP contribution >= 0.6 is 0 Å². The highest BCUT2D eigenvalue weighted by Crippen LogP contribution is 2.41. The summed E-state index contributed by atoms with van der Waals surface area (Å²) in [6.45, 7) is 5.86. The Hall–Kier alpha value is -3.86. The monoisotopic (exact) mass is 565 g/mol. The van der Waals surface area contributed by atoms with Crippen LogP contribution in [-0.2, 0) is 14.8 Å². The molecule has 0 bridgehead atoms. The standard InChI is InChI=1S/C27H29N5O5S.C2H6/c1-27(14-7-8-15-27)16-13-20(29-23-19-11-5-6-12-22(19)38(35,36)32-23)24(34)28-17-21(33)26-31-30-25(37-26)18-9-3-2-4-10-18;1-2/h2-6,9-12,20H,7-8,13-17H2,1H3,(H,28,34)(H,29,32);1-2H3/t20-;/m0./s1. The van der Waals surface area contributed by atoms with E-state index in [4.69, 9.17) is 4.42 Å². The predicted molar refractivity (Wildman–Crippen MR) is 151 cm³/mol. The molecule has 1 amide bonds. The first-order valence-corrected chi connectivity index (χ1v) is 15.1. The van der Waals surface area contributed by atoms with Crippen LogP contribution in [0.15, 0.2) is 68.9 Å². The number of nitrogens with zero attached hydrogens (tertiary/aromatic N) is 3. The number of aliphatic imine (C=N–C) groups is 1. The van der Waals surface area contributed by atoms with Gasteiger partial charge in [-0.2, -0.15) is 0 Å². The van der Waals surface area contributed by atoms with E-state index in [2.05, 4.69) is 32.2 Å². The van der Waals surface area contributed by atoms with Gasteiger partial charge in [-0.1, -0.05) is 63.9 Å². The topological polar surface area (TPSA) is 144 Å². The van der Waals surface area contributed by atoms with Crippen LogP contribution in [0.4, 0.5) is 0 Å². The minimum absolute atomic E-state index is 0.110. The lowest BCUT2D eigenvalue weighted by Crippen LogP contribution is -2.39. The molecule has 11 heteroatoms. The Morgan fingerprint density at radius 1 is 1.05 bits per heavy atom. The number of amides is 1. The largest absolute Gasteiger partial charge is 0.414 e. The Morgan fingerprint density at radius 2 is 1.73 bits per heavy atom. The van der Waals surface area contributed by atoms with E-state index in [0.29, 0.717) is 17.5 Å². The van der Waals surface area contributed by atoms with Gasteiger partial charge in [0.15, 0.2) is 0 Å². The molecule has 2 aliphatic rings. The molecule has 1 saturated carbocycles. The van der Waals surface area contributed by atoms with Gasteiger partial charge in [0.2, 0.25) is 17.6 Å². The number of aromatic nitrogens is 2. The summed E-state index contributed by atoms with van der Waals surface area (Å²) in [5.41, 5.74) is 1.21. The number of amidine groups is 1. The molecule has 212 valence electrons. The van der Waals surface area contributed by atoms with Crippen LogP contribution in [0.1, 0.15) is 75.5 Å². The number of nitrogens with one attached hydrogen (secondary N) is 2. The fourth-order valence-electron chi connectivity index (χ4n) is 5.00. The summed E-state index contributed by atoms with van der Waals surface area (Å²) >= 11 is 0. The number of sulfonamides is 1. The van der Waals surface area contributed by atoms with Crippen LogP contribution in [0.2, 0.25) is 0 Å². The van der Waals surface area contributed by atoms with Gasteiger partial charge in [-0.15, -0.1) is 10.2 Å². The van der Waals surface area contributed by atoms with Gasteiger partial charge < -0.3 is 9.73 Å². The lowest BCUT2D eigenvalue weighted by molar-refractivity contribution is -0.122. The van der Waals surface area contributed by atoms with Crippen LogP contribution in [0.25, 0.3) is 11.5 Å². The molecule has 10 nitrogen and oxygen atoms in total. The molecule has 2 aromatic carbocycles. The van der Waals surface area contributed by atoms with Gasteiger partial charge in [0, 0.05) is 11.1 Å². The summed E-state index contributed by atoms with van der Waals surface area (Å²) in [6.07, 6.45) is 5.63. The fraction of sp³-hybridized carbons (Fsp3) is 0.414. The summed E-state index contributed by atoms with van der Waals surface area (Å²) in [5, 5.41) is 10.4. The van der Waals surface area contributed by atoms with Gasteiger partial charge in [-0.3, -0.25) is 19.3 Å². The van der Waals surface area contributed by atoms with Crippen molar-refractivity contribution in [2.24, 2.45) is 10.4 Å². The number of ketones is 1. The van der Waals surface area contributed by atoms with E-state index in [1.807, 2.05) is 32.0 Å². The van der Waals surface area contributed by atoms with E-state index >= 15 is 0 Å². The molecule has 1 aliphatic carbocycles. The van der Waals surface area contributed by atoms with Gasteiger partial charge in [0.25, 0.3) is 15.9 Å². The number of Topliss-reactive ketones (excluding diaryl/α,β-unsaturated/α-hetero) is 1. The van der Waals surface area contributed by atoms with Crippen molar-refractivity contribution in [1.82, 2.24) is 20.2 Å². The number of hydrogen-bond donors (Lipinski definition) is 2. The van der Waals surface area contributed by atoms with Crippen molar-refractivity contribution in [2.75, 3.05) is 6.54 Å². The Bertz CT molecular complexity index is 1480. The number of benzene rings is 2. The van der Waals surface area contributed by atoms with E-state index in [1.54, 1.807) is 30.3 Å². The summed E-state index contributed by atoms with van der Waals surface area (Å²) in [7, 11) is -3.75. The average molecular weight is 566 g/mol. The Kier molecular flexibility index (Phi) is 9.14. The molecule has 3 aromatic rings. The molecule has 40 heavy (non-hydrogen) atoms. The molecule has 1 fully saturated rings. The van der Waals surface area contributed by atoms with Gasteiger partial charge in [-0.25, -0.2) is 8.42 Å². The van der Waals surface area contributed by atoms with Crippen LogP contribution in [0, 0.1) is 5.41 Å². The highest BCUT2D eigenvalue weighted by atomic mass is 32.2. The number of hydrogen-bond acceptors (Lipinski definition) is 8. The third-order valence-corrected chi connectivity index (χ3v) is 8.59. The van der Waals surface area contributed by atoms with Crippen molar-refractivity contribution in [3.05, 3.63) is 66.1 Å². The quantitative estimate of drug-likeness (QED) is 0.363. The zero-order valence-electron chi connectivity index (χ0n) is 23.0. The van der Waals surface area contributed by atoms with Gasteiger partial charge in [0.1, 0.15) is 11.9 Å². The summed E-state index contributed by atoms with van der Waals surface area (Å²) in [4.78, 5) is 30.6. The Labute approximate surface area is 234 Å². The second-order valence-corrected chi connectivity index (χ2v) is 11.7. The predicted octanol–water partition coefficient (Wildman–Crippen LogP) is 4.53. The second-order valence-electron chi connectivity index (χ2n) is 10.1. The Balaban J connectivity index is 0.00000181. The maximum absolute atomic E-state index is 13.3. The molecule has 0 spiro atoms. The number of rotatable bonds is 9. The van der Waals surface area contributed by atoms with Crippen molar-refractivity contribution < 1.29 is 22.4 Å². The van der Waals surface area contributed by atoms with Gasteiger partial charge in [-0.05, 0) is 55.4 Å². The number of carbonyl (C=O) groups excluding carboxylic acids is 2. The SMILES string of the molecule is CC.CC1(CC[C@H](N=C2NS(=O)(=O)c3ccccc32)C(=O)NCC(=O)c2nnc(-c3ccccc3)o2)CCCC1. The third kappa shape index (κ3) is 6.64.